The first kappa shape index (κ1) is 19.5. The number of H-pyrrole nitrogens is 1. The lowest BCUT2D eigenvalue weighted by atomic mass is 10.1. The molecule has 0 aliphatic rings. The van der Waals surface area contributed by atoms with Gasteiger partial charge < -0.3 is 10.6 Å². The maximum Gasteiger partial charge on any atom is 0.330 e. The smallest absolute Gasteiger partial charge is 0.330 e. The Kier molecular flexibility index (Phi) is 6.38. The van der Waals surface area contributed by atoms with Gasteiger partial charge in [0.1, 0.15) is 5.82 Å². The monoisotopic (exact) mass is 358 g/mol. The molecule has 0 radical (unpaired) electrons. The lowest BCUT2D eigenvalue weighted by Gasteiger charge is -2.25. The molecule has 0 fully saturated rings. The fourth-order valence-electron chi connectivity index (χ4n) is 2.75. The van der Waals surface area contributed by atoms with E-state index in [0.717, 1.165) is 6.42 Å². The van der Waals surface area contributed by atoms with Crippen molar-refractivity contribution in [2.24, 2.45) is 5.92 Å². The van der Waals surface area contributed by atoms with Crippen LogP contribution in [0, 0.1) is 5.92 Å². The highest BCUT2D eigenvalue weighted by Crippen LogP contribution is 2.20. The molecule has 0 spiro atoms. The molecule has 0 aliphatic carbocycles. The molecule has 7 nitrogen and oxygen atoms in total. The van der Waals surface area contributed by atoms with Crippen LogP contribution in [0.1, 0.15) is 44.0 Å². The Morgan fingerprint density at radius 1 is 1.23 bits per heavy atom. The SMILES string of the molecule is CCCCN(C(=O)c1ccccc1)c1c(N)n(CC(C)C)c(=O)[nH]c1=O. The van der Waals surface area contributed by atoms with Crippen molar-refractivity contribution in [1.82, 2.24) is 9.55 Å². The van der Waals surface area contributed by atoms with Crippen molar-refractivity contribution < 1.29 is 4.79 Å². The van der Waals surface area contributed by atoms with E-state index in [4.69, 9.17) is 5.73 Å². The van der Waals surface area contributed by atoms with Crippen molar-refractivity contribution in [3.05, 3.63) is 56.7 Å². The Hall–Kier alpha value is -2.83. The third-order valence-electron chi connectivity index (χ3n) is 4.03. The fourth-order valence-corrected chi connectivity index (χ4v) is 2.75. The summed E-state index contributed by atoms with van der Waals surface area (Å²) in [6.45, 7) is 6.59. The van der Waals surface area contributed by atoms with Crippen molar-refractivity contribution in [1.29, 1.82) is 0 Å². The van der Waals surface area contributed by atoms with Gasteiger partial charge in [-0.1, -0.05) is 45.4 Å². The minimum Gasteiger partial charge on any atom is -0.383 e. The highest BCUT2D eigenvalue weighted by molar-refractivity contribution is 6.07. The molecule has 26 heavy (non-hydrogen) atoms. The maximum atomic E-state index is 13.0. The summed E-state index contributed by atoms with van der Waals surface area (Å²) < 4.78 is 1.32. The number of anilines is 2. The first-order chi connectivity index (χ1) is 12.4. The van der Waals surface area contributed by atoms with Crippen molar-refractivity contribution in [2.45, 2.75) is 40.2 Å². The Morgan fingerprint density at radius 3 is 2.46 bits per heavy atom. The predicted molar refractivity (Wildman–Crippen MR) is 104 cm³/mol. The molecular formula is C19H26N4O3. The van der Waals surface area contributed by atoms with Crippen LogP contribution in [-0.2, 0) is 6.54 Å². The van der Waals surface area contributed by atoms with E-state index in [2.05, 4.69) is 4.98 Å². The molecular weight excluding hydrogens is 332 g/mol. The predicted octanol–water partition coefficient (Wildman–Crippen LogP) is 2.22. The molecule has 0 saturated carbocycles. The average molecular weight is 358 g/mol. The maximum absolute atomic E-state index is 13.0. The highest BCUT2D eigenvalue weighted by Gasteiger charge is 2.24. The second-order valence-electron chi connectivity index (χ2n) is 6.67. The lowest BCUT2D eigenvalue weighted by molar-refractivity contribution is 0.0986. The number of unbranched alkanes of at least 4 members (excludes halogenated alkanes) is 1. The zero-order valence-electron chi connectivity index (χ0n) is 15.5. The van der Waals surface area contributed by atoms with Gasteiger partial charge in [0, 0.05) is 18.7 Å². The summed E-state index contributed by atoms with van der Waals surface area (Å²) in [5.41, 5.74) is 5.46. The number of benzene rings is 1. The first-order valence-corrected chi connectivity index (χ1v) is 8.86. The first-order valence-electron chi connectivity index (χ1n) is 8.86. The van der Waals surface area contributed by atoms with Crippen LogP contribution in [0.5, 0.6) is 0 Å². The van der Waals surface area contributed by atoms with Crippen LogP contribution in [0.4, 0.5) is 11.5 Å². The molecule has 1 amide bonds. The summed E-state index contributed by atoms with van der Waals surface area (Å²) in [5.74, 6) is -0.138. The van der Waals surface area contributed by atoms with Gasteiger partial charge >= 0.3 is 5.69 Å². The van der Waals surface area contributed by atoms with Crippen LogP contribution >= 0.6 is 0 Å². The number of hydrogen-bond acceptors (Lipinski definition) is 4. The number of carbonyl (C=O) groups excluding carboxylic acids is 1. The minimum atomic E-state index is -0.645. The summed E-state index contributed by atoms with van der Waals surface area (Å²) in [6, 6.07) is 8.72. The van der Waals surface area contributed by atoms with E-state index in [1.807, 2.05) is 26.8 Å². The number of rotatable bonds is 7. The number of carbonyl (C=O) groups is 1. The zero-order chi connectivity index (χ0) is 19.3. The third kappa shape index (κ3) is 4.22. The number of aromatic nitrogens is 2. The van der Waals surface area contributed by atoms with Crippen LogP contribution in [-0.4, -0.2) is 22.0 Å². The minimum absolute atomic E-state index is 0.0211. The summed E-state index contributed by atoms with van der Waals surface area (Å²) in [7, 11) is 0. The molecule has 0 atom stereocenters. The summed E-state index contributed by atoms with van der Waals surface area (Å²) in [6.07, 6.45) is 1.56. The standard InChI is InChI=1S/C19H26N4O3/c1-4-5-11-22(18(25)14-9-7-6-8-10-14)15-16(20)23(12-13(2)3)19(26)21-17(15)24/h6-10,13H,4-5,11-12,20H2,1-3H3,(H,21,24,26). The zero-order valence-corrected chi connectivity index (χ0v) is 15.5. The van der Waals surface area contributed by atoms with E-state index in [-0.39, 0.29) is 23.3 Å². The normalized spacial score (nSPS) is 10.9. The quantitative estimate of drug-likeness (QED) is 0.792. The summed E-state index contributed by atoms with van der Waals surface area (Å²) in [4.78, 5) is 41.3. The number of nitrogen functional groups attached to an aromatic ring is 1. The Bertz CT molecular complexity index is 869. The summed E-state index contributed by atoms with van der Waals surface area (Å²) >= 11 is 0. The van der Waals surface area contributed by atoms with E-state index in [9.17, 15) is 14.4 Å². The van der Waals surface area contributed by atoms with E-state index < -0.39 is 11.2 Å². The van der Waals surface area contributed by atoms with Crippen LogP contribution in [0.15, 0.2) is 39.9 Å². The Balaban J connectivity index is 2.59. The van der Waals surface area contributed by atoms with E-state index >= 15 is 0 Å². The molecule has 0 bridgehead atoms. The topological polar surface area (TPSA) is 101 Å². The molecule has 140 valence electrons. The third-order valence-corrected chi connectivity index (χ3v) is 4.03. The number of nitrogens with two attached hydrogens (primary N) is 1. The molecule has 0 aliphatic heterocycles. The fraction of sp³-hybridized carbons (Fsp3) is 0.421. The van der Waals surface area contributed by atoms with Gasteiger partial charge in [-0.2, -0.15) is 0 Å². The van der Waals surface area contributed by atoms with Crippen molar-refractivity contribution >= 4 is 17.4 Å². The van der Waals surface area contributed by atoms with Crippen molar-refractivity contribution in [3.8, 4) is 0 Å². The Morgan fingerprint density at radius 2 is 1.88 bits per heavy atom. The van der Waals surface area contributed by atoms with Crippen LogP contribution in [0.3, 0.4) is 0 Å². The van der Waals surface area contributed by atoms with Gasteiger partial charge in [0.15, 0.2) is 5.69 Å². The van der Waals surface area contributed by atoms with Gasteiger partial charge in [-0.3, -0.25) is 19.1 Å². The number of nitrogens with zero attached hydrogens (tertiary/aromatic N) is 2. The molecule has 7 heteroatoms. The Labute approximate surface area is 152 Å². The van der Waals surface area contributed by atoms with E-state index in [1.54, 1.807) is 24.3 Å². The molecule has 2 aromatic rings. The number of aromatic amines is 1. The highest BCUT2D eigenvalue weighted by atomic mass is 16.2. The van der Waals surface area contributed by atoms with Gasteiger partial charge in [0.2, 0.25) is 0 Å². The molecule has 3 N–H and O–H groups in total. The van der Waals surface area contributed by atoms with Crippen molar-refractivity contribution in [3.63, 3.8) is 0 Å². The van der Waals surface area contributed by atoms with Gasteiger partial charge in [-0.15, -0.1) is 0 Å². The van der Waals surface area contributed by atoms with E-state index in [0.29, 0.717) is 25.1 Å². The van der Waals surface area contributed by atoms with Gasteiger partial charge in [-0.25, -0.2) is 4.79 Å². The number of hydrogen-bond donors (Lipinski definition) is 2. The molecule has 0 unspecified atom stereocenters. The van der Waals surface area contributed by atoms with Crippen LogP contribution in [0.25, 0.3) is 0 Å². The molecule has 1 aromatic carbocycles. The summed E-state index contributed by atoms with van der Waals surface area (Å²) in [5, 5.41) is 0. The van der Waals surface area contributed by atoms with E-state index in [1.165, 1.54) is 9.47 Å². The molecule has 1 aromatic heterocycles. The van der Waals surface area contributed by atoms with Gasteiger partial charge in [0.05, 0.1) is 0 Å². The van der Waals surface area contributed by atoms with Gasteiger partial charge in [0.25, 0.3) is 11.5 Å². The van der Waals surface area contributed by atoms with Crippen LogP contribution < -0.4 is 21.9 Å². The second kappa shape index (κ2) is 8.51. The number of nitrogens with one attached hydrogen (secondary N) is 1. The molecule has 0 saturated heterocycles. The van der Waals surface area contributed by atoms with Gasteiger partial charge in [-0.05, 0) is 24.5 Å². The lowest BCUT2D eigenvalue weighted by Crippen LogP contribution is -2.42. The van der Waals surface area contributed by atoms with Crippen LogP contribution in [0.2, 0.25) is 0 Å². The number of amides is 1. The average Bonchev–Trinajstić information content (AvgIpc) is 2.61. The molecule has 1 heterocycles. The second-order valence-corrected chi connectivity index (χ2v) is 6.67. The largest absolute Gasteiger partial charge is 0.383 e. The molecule has 2 rings (SSSR count). The van der Waals surface area contributed by atoms with Crippen molar-refractivity contribution in [2.75, 3.05) is 17.2 Å².